The van der Waals surface area contributed by atoms with E-state index in [9.17, 15) is 30.8 Å². The fourth-order valence-corrected chi connectivity index (χ4v) is 6.77. The number of esters is 1. The molecule has 8 atom stereocenters. The van der Waals surface area contributed by atoms with Crippen LogP contribution in [0.2, 0.25) is 0 Å². The Morgan fingerprint density at radius 2 is 1.56 bits per heavy atom. The number of ether oxygens (including phenoxy) is 1. The molecule has 0 aromatic rings. The lowest BCUT2D eigenvalue weighted by Gasteiger charge is -2.38. The topological polar surface area (TPSA) is 80.7 Å². The fourth-order valence-electron chi connectivity index (χ4n) is 6.22. The van der Waals surface area contributed by atoms with Crippen molar-refractivity contribution in [3.8, 4) is 0 Å². The average Bonchev–Trinajstić information content (AvgIpc) is 3.21. The predicted molar refractivity (Wildman–Crippen MR) is 75.3 cm³/mol. The van der Waals surface area contributed by atoms with E-state index in [1.807, 2.05) is 0 Å². The molecule has 1 N–H and O–H groups in total. The Bertz CT molecular complexity index is 707. The Balaban J connectivity index is 1.54. The average molecular weight is 386 g/mol. The van der Waals surface area contributed by atoms with Gasteiger partial charge < -0.3 is 4.74 Å². The van der Waals surface area contributed by atoms with Crippen LogP contribution in [0.5, 0.6) is 0 Å². The predicted octanol–water partition coefficient (Wildman–Crippen LogP) is 2.72. The van der Waals surface area contributed by atoms with Crippen molar-refractivity contribution in [3.05, 3.63) is 0 Å². The second-order valence-corrected chi connectivity index (χ2v) is 9.41. The highest BCUT2D eigenvalue weighted by Gasteiger charge is 2.73. The third-order valence-electron chi connectivity index (χ3n) is 6.91. The van der Waals surface area contributed by atoms with Gasteiger partial charge in [-0.05, 0) is 67.6 Å². The third-order valence-corrected chi connectivity index (χ3v) is 8.02. The molecule has 0 spiro atoms. The summed E-state index contributed by atoms with van der Waals surface area (Å²) in [6, 6.07) is 0. The Morgan fingerprint density at radius 1 is 0.960 bits per heavy atom. The van der Waals surface area contributed by atoms with Crippen LogP contribution in [0.25, 0.3) is 0 Å². The van der Waals surface area contributed by atoms with Crippen LogP contribution in [0.3, 0.4) is 0 Å². The minimum atomic E-state index is -6.37. The first kappa shape index (κ1) is 17.5. The molecule has 0 saturated heterocycles. The van der Waals surface area contributed by atoms with Crippen molar-refractivity contribution in [2.24, 2.45) is 35.5 Å². The smallest absolute Gasteiger partial charge is 0.451 e. The molecule has 142 valence electrons. The number of fused-ring (bicyclic) bond motifs is 9. The van der Waals surface area contributed by atoms with Crippen molar-refractivity contribution >= 4 is 16.1 Å². The van der Waals surface area contributed by atoms with Gasteiger partial charge in [0.2, 0.25) is 0 Å². The summed E-state index contributed by atoms with van der Waals surface area (Å²) in [4.78, 5) is 11.8. The normalized spacial score (nSPS) is 44.6. The van der Waals surface area contributed by atoms with Crippen molar-refractivity contribution < 1.29 is 40.1 Å². The molecule has 0 radical (unpaired) electrons. The highest BCUT2D eigenvalue weighted by molar-refractivity contribution is 7.88. The van der Waals surface area contributed by atoms with Crippen molar-refractivity contribution in [3.63, 3.8) is 0 Å². The number of rotatable bonds is 3. The van der Waals surface area contributed by atoms with Gasteiger partial charge in [0.25, 0.3) is 0 Å². The Labute approximate surface area is 141 Å². The highest BCUT2D eigenvalue weighted by Crippen LogP contribution is 2.67. The first-order valence-electron chi connectivity index (χ1n) is 8.39. The second kappa shape index (κ2) is 5.09. The van der Waals surface area contributed by atoms with Crippen LogP contribution in [0, 0.1) is 35.5 Å². The maximum atomic E-state index is 14.1. The molecule has 4 rings (SSSR count). The minimum absolute atomic E-state index is 0.145. The van der Waals surface area contributed by atoms with E-state index in [1.165, 1.54) is 0 Å². The molecule has 0 aromatic heterocycles. The van der Waals surface area contributed by atoms with Gasteiger partial charge in [-0.3, -0.25) is 4.55 Å². The van der Waals surface area contributed by atoms with Gasteiger partial charge in [0.05, 0.1) is 0 Å². The largest absolute Gasteiger partial charge is 0.459 e. The molecule has 4 fully saturated rings. The summed E-state index contributed by atoms with van der Waals surface area (Å²) < 4.78 is 87.8. The van der Waals surface area contributed by atoms with Gasteiger partial charge in [-0.2, -0.15) is 21.6 Å². The van der Waals surface area contributed by atoms with Gasteiger partial charge in [0.1, 0.15) is 6.10 Å². The van der Waals surface area contributed by atoms with Crippen molar-refractivity contribution in [1.29, 1.82) is 0 Å². The Kier molecular flexibility index (Phi) is 3.56. The fraction of sp³-hybridized carbons (Fsp3) is 0.933. The lowest BCUT2D eigenvalue weighted by atomic mass is 9.70. The maximum Gasteiger partial charge on any atom is 0.451 e. The van der Waals surface area contributed by atoms with E-state index < -0.39 is 33.4 Å². The van der Waals surface area contributed by atoms with Crippen LogP contribution in [-0.4, -0.2) is 36.2 Å². The molecular formula is C15H18F4O5S. The van der Waals surface area contributed by atoms with Crippen molar-refractivity contribution in [1.82, 2.24) is 0 Å². The van der Waals surface area contributed by atoms with Crippen LogP contribution >= 0.6 is 0 Å². The molecule has 0 heterocycles. The number of alkyl halides is 4. The summed E-state index contributed by atoms with van der Waals surface area (Å²) in [6.07, 6.45) is -2.69. The molecule has 4 aliphatic rings. The molecular weight excluding hydrogens is 368 g/mol. The monoisotopic (exact) mass is 386 g/mol. The van der Waals surface area contributed by atoms with Gasteiger partial charge in [-0.1, -0.05) is 0 Å². The van der Waals surface area contributed by atoms with E-state index in [0.717, 1.165) is 25.7 Å². The van der Waals surface area contributed by atoms with E-state index in [4.69, 9.17) is 9.29 Å². The third kappa shape index (κ3) is 2.22. The van der Waals surface area contributed by atoms with Gasteiger partial charge in [-0.25, -0.2) is 9.18 Å². The zero-order valence-corrected chi connectivity index (χ0v) is 13.9. The Hall–Kier alpha value is -0.900. The number of carbonyl (C=O) groups is 1. The van der Waals surface area contributed by atoms with Gasteiger partial charge in [0.15, 0.2) is 0 Å². The van der Waals surface area contributed by atoms with E-state index in [1.54, 1.807) is 0 Å². The molecule has 0 amide bonds. The lowest BCUT2D eigenvalue weighted by molar-refractivity contribution is -0.220. The van der Waals surface area contributed by atoms with E-state index in [2.05, 4.69) is 0 Å². The highest BCUT2D eigenvalue weighted by atomic mass is 32.2. The molecule has 5 nitrogen and oxygen atoms in total. The van der Waals surface area contributed by atoms with E-state index in [-0.39, 0.29) is 17.8 Å². The zero-order valence-electron chi connectivity index (χ0n) is 13.1. The van der Waals surface area contributed by atoms with Crippen LogP contribution in [0.4, 0.5) is 17.6 Å². The number of carbonyl (C=O) groups excluding carboxylic acids is 1. The van der Waals surface area contributed by atoms with E-state index >= 15 is 0 Å². The molecule has 4 saturated carbocycles. The molecule has 8 unspecified atom stereocenters. The Morgan fingerprint density at radius 3 is 2.12 bits per heavy atom. The first-order chi connectivity index (χ1) is 11.4. The zero-order chi connectivity index (χ0) is 18.4. The van der Waals surface area contributed by atoms with Crippen LogP contribution in [0.15, 0.2) is 0 Å². The first-order valence-corrected chi connectivity index (χ1v) is 9.83. The van der Waals surface area contributed by atoms with Crippen LogP contribution in [-0.2, 0) is 19.6 Å². The van der Waals surface area contributed by atoms with Crippen molar-refractivity contribution in [2.45, 2.75) is 49.4 Å². The summed E-state index contributed by atoms with van der Waals surface area (Å²) in [5.41, 5.74) is 0. The molecule has 0 aromatic carbocycles. The number of hydrogen-bond donors (Lipinski definition) is 1. The quantitative estimate of drug-likeness (QED) is 0.349. The van der Waals surface area contributed by atoms with Gasteiger partial charge >= 0.3 is 27.3 Å². The number of halogens is 4. The summed E-state index contributed by atoms with van der Waals surface area (Å²) >= 11 is 0. The van der Waals surface area contributed by atoms with Crippen LogP contribution < -0.4 is 0 Å². The SMILES string of the molecule is O=C(OC1CC2CC1C1C3CCC(C3)C21)C(F)(C(F)(F)F)S(=O)(=O)O. The van der Waals surface area contributed by atoms with Crippen molar-refractivity contribution in [2.75, 3.05) is 0 Å². The summed E-state index contributed by atoms with van der Waals surface area (Å²) in [5.74, 6) is -0.652. The molecule has 4 aliphatic carbocycles. The maximum absolute atomic E-state index is 14.1. The van der Waals surface area contributed by atoms with Gasteiger partial charge in [-0.15, -0.1) is 0 Å². The molecule has 0 aliphatic heterocycles. The van der Waals surface area contributed by atoms with Gasteiger partial charge in [0, 0.05) is 0 Å². The molecule has 10 heteroatoms. The second-order valence-electron chi connectivity index (χ2n) is 7.90. The summed E-state index contributed by atoms with van der Waals surface area (Å²) in [5, 5.41) is -5.45. The lowest BCUT2D eigenvalue weighted by Crippen LogP contribution is -2.56. The van der Waals surface area contributed by atoms with E-state index in [0.29, 0.717) is 24.2 Å². The number of hydrogen-bond acceptors (Lipinski definition) is 4. The van der Waals surface area contributed by atoms with Crippen LogP contribution in [0.1, 0.15) is 32.1 Å². The minimum Gasteiger partial charge on any atom is -0.459 e. The summed E-state index contributed by atoms with van der Waals surface area (Å²) in [6.45, 7) is 0. The molecule has 25 heavy (non-hydrogen) atoms. The standard InChI is InChI=1S/C15H18F4O5S/c16-14(15(17,18)19,25(21,22)23)13(20)24-10-5-8-4-9(10)12-7-2-1-6(3-7)11(8)12/h6-12H,1-5H2,(H,21,22,23). The summed E-state index contributed by atoms with van der Waals surface area (Å²) in [7, 11) is -6.37. The molecule has 4 bridgehead atoms.